The van der Waals surface area contributed by atoms with Crippen molar-refractivity contribution in [2.75, 3.05) is 19.0 Å². The van der Waals surface area contributed by atoms with Gasteiger partial charge in [0.2, 0.25) is 5.88 Å². The normalized spacial score (nSPS) is 18.6. The van der Waals surface area contributed by atoms with Crippen molar-refractivity contribution < 1.29 is 9.21 Å². The fourth-order valence-corrected chi connectivity index (χ4v) is 4.57. The Morgan fingerprint density at radius 3 is 2.29 bits per heavy atom. The lowest BCUT2D eigenvalue weighted by Gasteiger charge is -2.38. The molecule has 1 saturated heterocycles. The van der Waals surface area contributed by atoms with Gasteiger partial charge in [-0.05, 0) is 42.0 Å². The Hall–Kier alpha value is -3.38. The number of carbonyl (C=O) groups excluding carboxylic acids is 1. The molecule has 0 spiro atoms. The second-order valence-corrected chi connectivity index (χ2v) is 8.78. The number of anilines is 3. The lowest BCUT2D eigenvalue weighted by molar-refractivity contribution is -0.121. The molecule has 0 atom stereocenters. The van der Waals surface area contributed by atoms with Gasteiger partial charge >= 0.3 is 0 Å². The molecule has 5 nitrogen and oxygen atoms in total. The van der Waals surface area contributed by atoms with Crippen LogP contribution in [0, 0.1) is 0 Å². The van der Waals surface area contributed by atoms with E-state index in [0.29, 0.717) is 16.6 Å². The van der Waals surface area contributed by atoms with Crippen LogP contribution in [-0.2, 0) is 10.2 Å². The highest BCUT2D eigenvalue weighted by molar-refractivity contribution is 7.80. The minimum atomic E-state index is -0.255. The highest BCUT2D eigenvalue weighted by Crippen LogP contribution is 2.53. The molecule has 1 amide bonds. The Labute approximate surface area is 187 Å². The number of benzene rings is 2. The van der Waals surface area contributed by atoms with Crippen molar-refractivity contribution in [3.8, 4) is 0 Å². The minimum absolute atomic E-state index is 0.135. The fourth-order valence-electron chi connectivity index (χ4n) is 4.39. The van der Waals surface area contributed by atoms with Gasteiger partial charge in [-0.25, -0.2) is 0 Å². The number of amides is 1. The molecule has 156 valence electrons. The molecule has 3 heterocycles. The minimum Gasteiger partial charge on any atom is -0.440 e. The van der Waals surface area contributed by atoms with Gasteiger partial charge in [-0.15, -0.1) is 0 Å². The Balaban J connectivity index is 1.70. The molecular formula is C25H23N3O2S. The Kier molecular flexibility index (Phi) is 4.31. The second-order valence-electron chi connectivity index (χ2n) is 8.42. The van der Waals surface area contributed by atoms with E-state index in [2.05, 4.69) is 49.1 Å². The van der Waals surface area contributed by atoms with Crippen molar-refractivity contribution in [2.24, 2.45) is 0 Å². The van der Waals surface area contributed by atoms with Gasteiger partial charge in [0.15, 0.2) is 5.11 Å². The van der Waals surface area contributed by atoms with E-state index < -0.39 is 0 Å². The number of thiocarbonyl (C=S) groups is 1. The summed E-state index contributed by atoms with van der Waals surface area (Å²) in [6.07, 6.45) is 1.78. The molecule has 2 aliphatic rings. The number of nitrogens with zero attached hydrogens (tertiary/aromatic N) is 3. The van der Waals surface area contributed by atoms with Crippen LogP contribution in [0.2, 0.25) is 0 Å². The Morgan fingerprint density at radius 1 is 0.935 bits per heavy atom. The molecule has 0 unspecified atom stereocenters. The van der Waals surface area contributed by atoms with Gasteiger partial charge in [-0.3, -0.25) is 14.6 Å². The Bertz CT molecular complexity index is 1240. The van der Waals surface area contributed by atoms with Crippen LogP contribution >= 0.6 is 12.2 Å². The number of fused-ring (bicyclic) bond motifs is 2. The molecule has 2 aromatic carbocycles. The van der Waals surface area contributed by atoms with Gasteiger partial charge in [-0.1, -0.05) is 50.2 Å². The highest BCUT2D eigenvalue weighted by Gasteiger charge is 2.40. The SMILES string of the molecule is CN1C(=O)/C(=C\c2cc3c(o2)N(c2ccccc2)c2ccccc2C3(C)C)N(C)C1=S. The van der Waals surface area contributed by atoms with Gasteiger partial charge in [0.25, 0.3) is 5.91 Å². The van der Waals surface area contributed by atoms with Crippen LogP contribution in [0.4, 0.5) is 17.3 Å². The van der Waals surface area contributed by atoms with Gasteiger partial charge in [0.1, 0.15) is 11.5 Å². The summed E-state index contributed by atoms with van der Waals surface area (Å²) in [7, 11) is 3.49. The summed E-state index contributed by atoms with van der Waals surface area (Å²) in [6.45, 7) is 4.41. The topological polar surface area (TPSA) is 39.9 Å². The molecule has 0 aliphatic carbocycles. The average Bonchev–Trinajstić information content (AvgIpc) is 3.27. The highest BCUT2D eigenvalue weighted by atomic mass is 32.1. The van der Waals surface area contributed by atoms with E-state index >= 15 is 0 Å². The van der Waals surface area contributed by atoms with Crippen molar-refractivity contribution in [2.45, 2.75) is 19.3 Å². The monoisotopic (exact) mass is 429 g/mol. The van der Waals surface area contributed by atoms with Gasteiger partial charge in [-0.2, -0.15) is 0 Å². The molecule has 0 saturated carbocycles. The zero-order chi connectivity index (χ0) is 21.9. The van der Waals surface area contributed by atoms with Crippen LogP contribution in [0.3, 0.4) is 0 Å². The number of rotatable bonds is 2. The molecule has 6 heteroatoms. The van der Waals surface area contributed by atoms with Crippen LogP contribution in [-0.4, -0.2) is 34.9 Å². The maximum atomic E-state index is 12.6. The first-order chi connectivity index (χ1) is 14.8. The van der Waals surface area contributed by atoms with Crippen LogP contribution < -0.4 is 4.90 Å². The molecule has 1 fully saturated rings. The fraction of sp³-hybridized carbons (Fsp3) is 0.200. The molecule has 0 N–H and O–H groups in total. The molecule has 5 rings (SSSR count). The molecular weight excluding hydrogens is 406 g/mol. The zero-order valence-electron chi connectivity index (χ0n) is 17.9. The van der Waals surface area contributed by atoms with Crippen molar-refractivity contribution in [1.82, 2.24) is 9.80 Å². The summed E-state index contributed by atoms with van der Waals surface area (Å²) in [5, 5.41) is 0.478. The van der Waals surface area contributed by atoms with E-state index in [1.165, 1.54) is 10.5 Å². The lowest BCUT2D eigenvalue weighted by Crippen LogP contribution is -2.29. The number of carbonyl (C=O) groups is 1. The third-order valence-electron chi connectivity index (χ3n) is 6.18. The molecule has 1 aromatic heterocycles. The van der Waals surface area contributed by atoms with Crippen LogP contribution in [0.25, 0.3) is 6.08 Å². The number of para-hydroxylation sites is 2. The largest absolute Gasteiger partial charge is 0.440 e. The summed E-state index contributed by atoms with van der Waals surface area (Å²) in [5.74, 6) is 1.26. The summed E-state index contributed by atoms with van der Waals surface area (Å²) >= 11 is 5.34. The van der Waals surface area contributed by atoms with Gasteiger partial charge in [0, 0.05) is 36.8 Å². The van der Waals surface area contributed by atoms with Crippen LogP contribution in [0.5, 0.6) is 0 Å². The van der Waals surface area contributed by atoms with E-state index in [0.717, 1.165) is 22.8 Å². The van der Waals surface area contributed by atoms with Crippen molar-refractivity contribution >= 4 is 46.6 Å². The second kappa shape index (κ2) is 6.82. The smallest absolute Gasteiger partial charge is 0.276 e. The van der Waals surface area contributed by atoms with Gasteiger partial charge < -0.3 is 9.32 Å². The molecule has 0 bridgehead atoms. The third-order valence-corrected chi connectivity index (χ3v) is 6.73. The first-order valence-corrected chi connectivity index (χ1v) is 10.6. The van der Waals surface area contributed by atoms with Crippen molar-refractivity contribution in [3.63, 3.8) is 0 Å². The predicted molar refractivity (Wildman–Crippen MR) is 127 cm³/mol. The zero-order valence-corrected chi connectivity index (χ0v) is 18.7. The van der Waals surface area contributed by atoms with Gasteiger partial charge in [0.05, 0.1) is 5.69 Å². The quantitative estimate of drug-likeness (QED) is 0.402. The van der Waals surface area contributed by atoms with Crippen molar-refractivity contribution in [1.29, 1.82) is 0 Å². The van der Waals surface area contributed by atoms with E-state index in [1.54, 1.807) is 25.1 Å². The average molecular weight is 430 g/mol. The molecule has 0 radical (unpaired) electrons. The van der Waals surface area contributed by atoms with E-state index in [4.69, 9.17) is 16.6 Å². The van der Waals surface area contributed by atoms with Crippen molar-refractivity contribution in [3.05, 3.63) is 83.2 Å². The maximum absolute atomic E-state index is 12.6. The number of hydrogen-bond donors (Lipinski definition) is 0. The van der Waals surface area contributed by atoms with E-state index in [9.17, 15) is 4.79 Å². The lowest BCUT2D eigenvalue weighted by atomic mass is 9.75. The molecule has 3 aromatic rings. The van der Waals surface area contributed by atoms with Crippen LogP contribution in [0.1, 0.15) is 30.7 Å². The number of likely N-dealkylation sites (N-methyl/N-ethyl adjacent to an activating group) is 2. The number of furan rings is 1. The molecule has 31 heavy (non-hydrogen) atoms. The first kappa shape index (κ1) is 19.6. The standard InChI is InChI=1S/C25H23N3O2S/c1-25(2)18-12-8-9-13-20(18)28(16-10-6-5-7-11-16)23-19(25)14-17(30-23)15-21-22(29)27(4)24(31)26(21)3/h5-15H,1-4H3/b21-15+. The summed E-state index contributed by atoms with van der Waals surface area (Å²) < 4.78 is 6.40. The predicted octanol–water partition coefficient (Wildman–Crippen LogP) is 5.42. The maximum Gasteiger partial charge on any atom is 0.276 e. The summed E-state index contributed by atoms with van der Waals surface area (Å²) in [4.78, 5) is 18.0. The number of hydrogen-bond acceptors (Lipinski definition) is 4. The van der Waals surface area contributed by atoms with E-state index in [-0.39, 0.29) is 11.3 Å². The third kappa shape index (κ3) is 2.82. The summed E-state index contributed by atoms with van der Waals surface area (Å²) in [5.41, 5.74) is 4.66. The summed E-state index contributed by atoms with van der Waals surface area (Å²) in [6, 6.07) is 20.6. The Morgan fingerprint density at radius 2 is 1.61 bits per heavy atom. The molecule has 2 aliphatic heterocycles. The van der Waals surface area contributed by atoms with E-state index in [1.807, 2.05) is 30.3 Å². The first-order valence-electron chi connectivity index (χ1n) is 10.2. The van der Waals surface area contributed by atoms with Crippen LogP contribution in [0.15, 0.2) is 70.8 Å².